The van der Waals surface area contributed by atoms with E-state index in [0.29, 0.717) is 18.0 Å². The molecule has 17 heavy (non-hydrogen) atoms. The number of benzene rings is 1. The molecule has 4 aliphatic rings. The van der Waals surface area contributed by atoms with Crippen molar-refractivity contribution in [1.29, 1.82) is 0 Å². The molecule has 2 aliphatic carbocycles. The first-order valence-corrected chi connectivity index (χ1v) is 6.91. The van der Waals surface area contributed by atoms with Crippen LogP contribution < -0.4 is 11.1 Å². The highest BCUT2D eigenvalue weighted by molar-refractivity contribution is 5.57. The molecule has 2 aliphatic heterocycles. The molecule has 1 saturated heterocycles. The van der Waals surface area contributed by atoms with Crippen LogP contribution in [0.2, 0.25) is 0 Å². The van der Waals surface area contributed by atoms with Crippen LogP contribution in [0, 0.1) is 11.8 Å². The van der Waals surface area contributed by atoms with Crippen LogP contribution >= 0.6 is 0 Å². The standard InChI is InChI=1S/C15H20N2/c1-8-13-9-4-2-5-10(9)15(17-8)11-6-3-7-12(16)14(11)13/h3,6-10,13,15,17H,2,4-5,16H2,1H3/t8-,9?,10?,13?,15?/m0/s1. The molecule has 2 bridgehead atoms. The fourth-order valence-corrected chi connectivity index (χ4v) is 4.80. The van der Waals surface area contributed by atoms with Gasteiger partial charge < -0.3 is 11.1 Å². The molecule has 1 aromatic rings. The molecule has 2 heteroatoms. The van der Waals surface area contributed by atoms with Gasteiger partial charge in [-0.1, -0.05) is 18.6 Å². The molecule has 4 unspecified atom stereocenters. The van der Waals surface area contributed by atoms with Crippen molar-refractivity contribution in [3.05, 3.63) is 29.3 Å². The number of rotatable bonds is 0. The summed E-state index contributed by atoms with van der Waals surface area (Å²) in [6.45, 7) is 2.33. The fraction of sp³-hybridized carbons (Fsp3) is 0.600. The Morgan fingerprint density at radius 1 is 1.24 bits per heavy atom. The van der Waals surface area contributed by atoms with Gasteiger partial charge in [0.05, 0.1) is 0 Å². The van der Waals surface area contributed by atoms with Crippen LogP contribution in [0.3, 0.4) is 0 Å². The van der Waals surface area contributed by atoms with E-state index in [1.54, 1.807) is 0 Å². The highest BCUT2D eigenvalue weighted by Crippen LogP contribution is 2.58. The molecule has 1 aromatic carbocycles. The third-order valence-corrected chi connectivity index (χ3v) is 5.34. The van der Waals surface area contributed by atoms with E-state index in [4.69, 9.17) is 5.73 Å². The summed E-state index contributed by atoms with van der Waals surface area (Å²) < 4.78 is 0. The second-order valence-corrected chi connectivity index (χ2v) is 6.07. The number of hydrogen-bond acceptors (Lipinski definition) is 2. The van der Waals surface area contributed by atoms with Gasteiger partial charge in [0.1, 0.15) is 0 Å². The summed E-state index contributed by atoms with van der Waals surface area (Å²) >= 11 is 0. The highest BCUT2D eigenvalue weighted by atomic mass is 15.0. The molecule has 5 atom stereocenters. The van der Waals surface area contributed by atoms with E-state index in [2.05, 4.69) is 30.4 Å². The summed E-state index contributed by atoms with van der Waals surface area (Å²) in [5.41, 5.74) is 10.2. The summed E-state index contributed by atoms with van der Waals surface area (Å²) in [5.74, 6) is 2.41. The smallest absolute Gasteiger partial charge is 0.0357 e. The zero-order chi connectivity index (χ0) is 11.6. The SMILES string of the molecule is C[C@@H]1NC2c3cccc(N)c3C1C1CCCC21. The number of piperidine rings is 1. The van der Waals surface area contributed by atoms with Crippen molar-refractivity contribution in [3.63, 3.8) is 0 Å². The predicted octanol–water partition coefficient (Wildman–Crippen LogP) is 2.82. The number of fused-ring (bicyclic) bond motifs is 1. The van der Waals surface area contributed by atoms with Crippen molar-refractivity contribution >= 4 is 5.69 Å². The molecule has 0 spiro atoms. The van der Waals surface area contributed by atoms with Crippen molar-refractivity contribution < 1.29 is 0 Å². The Morgan fingerprint density at radius 3 is 2.94 bits per heavy atom. The van der Waals surface area contributed by atoms with Crippen LogP contribution in [0.5, 0.6) is 0 Å². The highest BCUT2D eigenvalue weighted by Gasteiger charge is 2.51. The topological polar surface area (TPSA) is 38.0 Å². The van der Waals surface area contributed by atoms with E-state index in [1.807, 2.05) is 0 Å². The summed E-state index contributed by atoms with van der Waals surface area (Å²) in [6, 6.07) is 7.65. The van der Waals surface area contributed by atoms with E-state index < -0.39 is 0 Å². The molecule has 0 aromatic heterocycles. The fourth-order valence-electron chi connectivity index (χ4n) is 4.80. The van der Waals surface area contributed by atoms with E-state index in [-0.39, 0.29) is 0 Å². The van der Waals surface area contributed by atoms with E-state index in [0.717, 1.165) is 17.5 Å². The van der Waals surface area contributed by atoms with Crippen LogP contribution in [0.25, 0.3) is 0 Å². The van der Waals surface area contributed by atoms with Gasteiger partial charge in [-0.2, -0.15) is 0 Å². The lowest BCUT2D eigenvalue weighted by Crippen LogP contribution is -2.53. The lowest BCUT2D eigenvalue weighted by atomic mass is 9.61. The van der Waals surface area contributed by atoms with Crippen molar-refractivity contribution in [2.45, 2.75) is 44.2 Å². The Labute approximate surface area is 103 Å². The van der Waals surface area contributed by atoms with Crippen molar-refractivity contribution in [3.8, 4) is 0 Å². The largest absolute Gasteiger partial charge is 0.398 e. The lowest BCUT2D eigenvalue weighted by molar-refractivity contribution is 0.129. The Hall–Kier alpha value is -1.02. The van der Waals surface area contributed by atoms with E-state index in [1.165, 1.54) is 30.4 Å². The predicted molar refractivity (Wildman–Crippen MR) is 69.8 cm³/mol. The third kappa shape index (κ3) is 1.14. The zero-order valence-electron chi connectivity index (χ0n) is 10.3. The molecule has 0 radical (unpaired) electrons. The molecule has 2 heterocycles. The number of nitrogen functional groups attached to an aromatic ring is 1. The first kappa shape index (κ1) is 9.95. The van der Waals surface area contributed by atoms with Gasteiger partial charge in [0.15, 0.2) is 0 Å². The van der Waals surface area contributed by atoms with Crippen molar-refractivity contribution in [2.75, 3.05) is 5.73 Å². The first-order valence-electron chi connectivity index (χ1n) is 6.91. The van der Waals surface area contributed by atoms with Crippen LogP contribution in [-0.4, -0.2) is 6.04 Å². The number of nitrogens with one attached hydrogen (secondary N) is 1. The quantitative estimate of drug-likeness (QED) is 0.670. The number of anilines is 1. The molecular weight excluding hydrogens is 208 g/mol. The Kier molecular flexibility index (Phi) is 1.91. The third-order valence-electron chi connectivity index (χ3n) is 5.34. The van der Waals surface area contributed by atoms with E-state index in [9.17, 15) is 0 Å². The molecule has 90 valence electrons. The van der Waals surface area contributed by atoms with Crippen molar-refractivity contribution in [1.82, 2.24) is 5.32 Å². The van der Waals surface area contributed by atoms with Crippen LogP contribution in [0.15, 0.2) is 18.2 Å². The Morgan fingerprint density at radius 2 is 2.06 bits per heavy atom. The van der Waals surface area contributed by atoms with Crippen molar-refractivity contribution in [2.24, 2.45) is 11.8 Å². The monoisotopic (exact) mass is 228 g/mol. The minimum Gasteiger partial charge on any atom is -0.398 e. The number of hydrogen-bond donors (Lipinski definition) is 2. The Bertz CT molecular complexity index is 468. The molecular formula is C15H20N2. The van der Waals surface area contributed by atoms with Crippen LogP contribution in [-0.2, 0) is 0 Å². The minimum atomic E-state index is 0.570. The van der Waals surface area contributed by atoms with Gasteiger partial charge in [0.25, 0.3) is 0 Å². The molecule has 1 saturated carbocycles. The maximum Gasteiger partial charge on any atom is 0.0357 e. The second kappa shape index (κ2) is 3.26. The normalized spacial score (nSPS) is 42.3. The van der Waals surface area contributed by atoms with Crippen LogP contribution in [0.4, 0.5) is 5.69 Å². The zero-order valence-corrected chi connectivity index (χ0v) is 10.3. The lowest BCUT2D eigenvalue weighted by Gasteiger charge is -2.51. The molecule has 0 amide bonds. The minimum absolute atomic E-state index is 0.570. The van der Waals surface area contributed by atoms with Crippen LogP contribution in [0.1, 0.15) is 49.3 Å². The van der Waals surface area contributed by atoms with Gasteiger partial charge in [-0.15, -0.1) is 0 Å². The average molecular weight is 228 g/mol. The number of nitrogens with two attached hydrogens (primary N) is 1. The van der Waals surface area contributed by atoms with Gasteiger partial charge >= 0.3 is 0 Å². The van der Waals surface area contributed by atoms with Gasteiger partial charge in [0.2, 0.25) is 0 Å². The average Bonchev–Trinajstić information content (AvgIpc) is 2.79. The van der Waals surface area contributed by atoms with E-state index >= 15 is 0 Å². The van der Waals surface area contributed by atoms with Gasteiger partial charge in [-0.05, 0) is 48.8 Å². The summed E-state index contributed by atoms with van der Waals surface area (Å²) in [6.07, 6.45) is 4.22. The summed E-state index contributed by atoms with van der Waals surface area (Å²) in [4.78, 5) is 0. The molecule has 2 fully saturated rings. The van der Waals surface area contributed by atoms with Gasteiger partial charge in [-0.3, -0.25) is 0 Å². The maximum atomic E-state index is 6.25. The summed E-state index contributed by atoms with van der Waals surface area (Å²) in [5, 5.41) is 3.82. The van der Waals surface area contributed by atoms with Gasteiger partial charge in [0, 0.05) is 23.7 Å². The molecule has 5 rings (SSSR count). The molecule has 3 N–H and O–H groups in total. The summed E-state index contributed by atoms with van der Waals surface area (Å²) in [7, 11) is 0. The van der Waals surface area contributed by atoms with Gasteiger partial charge in [-0.25, -0.2) is 0 Å². The second-order valence-electron chi connectivity index (χ2n) is 6.07. The Balaban J connectivity index is 1.94. The first-order chi connectivity index (χ1) is 8.27. The molecule has 2 nitrogen and oxygen atoms in total. The maximum absolute atomic E-state index is 6.25.